The van der Waals surface area contributed by atoms with Crippen molar-refractivity contribution in [1.29, 1.82) is 0 Å². The van der Waals surface area contributed by atoms with Crippen LogP contribution in [0.5, 0.6) is 0 Å². The summed E-state index contributed by atoms with van der Waals surface area (Å²) in [6.45, 7) is 2.53. The number of nitrogens with zero attached hydrogens (tertiary/aromatic N) is 3. The summed E-state index contributed by atoms with van der Waals surface area (Å²) in [6.07, 6.45) is 4.14. The molecule has 2 heterocycles. The fourth-order valence-electron chi connectivity index (χ4n) is 4.85. The molecule has 1 aromatic heterocycles. The molecule has 39 heavy (non-hydrogen) atoms. The predicted molar refractivity (Wildman–Crippen MR) is 153 cm³/mol. The molecule has 3 aromatic carbocycles. The molecular weight excluding hydrogens is 510 g/mol. The second-order valence-corrected chi connectivity index (χ2v) is 10.8. The highest BCUT2D eigenvalue weighted by atomic mass is 32.2. The highest BCUT2D eigenvalue weighted by Gasteiger charge is 2.33. The van der Waals surface area contributed by atoms with Crippen LogP contribution < -0.4 is 0 Å². The molecule has 0 radical (unpaired) electrons. The zero-order valence-electron chi connectivity index (χ0n) is 21.8. The van der Waals surface area contributed by atoms with Gasteiger partial charge in [-0.2, -0.15) is 0 Å². The second kappa shape index (κ2) is 13.6. The smallest absolute Gasteiger partial charge is 0.407 e. The Hall–Kier alpha value is -3.46. The van der Waals surface area contributed by atoms with E-state index in [1.54, 1.807) is 11.8 Å². The standard InChI is InChI=1S/C31H33N3O4S/c35-31(36)34-14-13-28(29(20-34)38-22-24-11-12-25-9-4-5-10-26(25)17-24)27-18-32-30(33-19-27)39-16-6-15-37-21-23-7-2-1-3-8-23/h1-5,7-12,17-19,28-29H,6,13-16,20-22H2,(H,35,36). The van der Waals surface area contributed by atoms with Crippen LogP contribution in [0.25, 0.3) is 10.8 Å². The number of carbonyl (C=O) groups is 1. The fraction of sp³-hybridized carbons (Fsp3) is 0.323. The van der Waals surface area contributed by atoms with Crippen LogP contribution in [-0.2, 0) is 22.7 Å². The number of aromatic nitrogens is 2. The molecule has 1 amide bonds. The zero-order valence-corrected chi connectivity index (χ0v) is 22.6. The van der Waals surface area contributed by atoms with Crippen molar-refractivity contribution in [2.24, 2.45) is 0 Å². The molecule has 0 saturated carbocycles. The van der Waals surface area contributed by atoms with Crippen molar-refractivity contribution in [2.75, 3.05) is 25.4 Å². The molecule has 2 unspecified atom stereocenters. The van der Waals surface area contributed by atoms with E-state index in [9.17, 15) is 9.90 Å². The minimum Gasteiger partial charge on any atom is -0.465 e. The van der Waals surface area contributed by atoms with Crippen molar-refractivity contribution >= 4 is 28.6 Å². The van der Waals surface area contributed by atoms with Crippen LogP contribution in [0.15, 0.2) is 90.3 Å². The molecule has 1 fully saturated rings. The summed E-state index contributed by atoms with van der Waals surface area (Å²) in [4.78, 5) is 22.3. The van der Waals surface area contributed by atoms with E-state index >= 15 is 0 Å². The molecule has 1 aliphatic heterocycles. The van der Waals surface area contributed by atoms with Crippen molar-refractivity contribution in [3.8, 4) is 0 Å². The summed E-state index contributed by atoms with van der Waals surface area (Å²) in [7, 11) is 0. The molecule has 2 atom stereocenters. The van der Waals surface area contributed by atoms with Crippen LogP contribution >= 0.6 is 11.8 Å². The van der Waals surface area contributed by atoms with Crippen molar-refractivity contribution in [3.63, 3.8) is 0 Å². The molecule has 202 valence electrons. The summed E-state index contributed by atoms with van der Waals surface area (Å²) in [6, 6.07) is 24.7. The van der Waals surface area contributed by atoms with Crippen molar-refractivity contribution in [2.45, 2.75) is 43.2 Å². The number of hydrogen-bond acceptors (Lipinski definition) is 6. The topological polar surface area (TPSA) is 84.8 Å². The highest BCUT2D eigenvalue weighted by molar-refractivity contribution is 7.99. The molecule has 8 heteroatoms. The van der Waals surface area contributed by atoms with E-state index in [0.717, 1.165) is 33.8 Å². The molecule has 0 spiro atoms. The third kappa shape index (κ3) is 7.56. The Morgan fingerprint density at radius 3 is 2.51 bits per heavy atom. The van der Waals surface area contributed by atoms with Crippen molar-refractivity contribution in [1.82, 2.24) is 14.9 Å². The van der Waals surface area contributed by atoms with Gasteiger partial charge in [-0.25, -0.2) is 14.8 Å². The number of thioether (sulfide) groups is 1. The Kier molecular flexibility index (Phi) is 9.43. The van der Waals surface area contributed by atoms with Crippen molar-refractivity contribution in [3.05, 3.63) is 102 Å². The molecular formula is C31H33N3O4S. The number of amides is 1. The number of ether oxygens (including phenoxy) is 2. The normalized spacial score (nSPS) is 17.4. The quantitative estimate of drug-likeness (QED) is 0.133. The zero-order chi connectivity index (χ0) is 26.9. The first-order valence-corrected chi connectivity index (χ1v) is 14.3. The van der Waals surface area contributed by atoms with Gasteiger partial charge in [0.15, 0.2) is 5.16 Å². The Labute approximate surface area is 233 Å². The predicted octanol–water partition coefficient (Wildman–Crippen LogP) is 6.38. The molecule has 0 bridgehead atoms. The molecule has 0 aliphatic carbocycles. The number of fused-ring (bicyclic) bond motifs is 1. The maximum absolute atomic E-state index is 11.7. The monoisotopic (exact) mass is 543 g/mol. The van der Waals surface area contributed by atoms with Gasteiger partial charge < -0.3 is 19.5 Å². The van der Waals surface area contributed by atoms with Crippen LogP contribution in [0.2, 0.25) is 0 Å². The number of carboxylic acid groups (broad SMARTS) is 1. The van der Waals surface area contributed by atoms with Crippen LogP contribution in [0, 0.1) is 0 Å². The molecule has 1 N–H and O–H groups in total. The fourth-order valence-corrected chi connectivity index (χ4v) is 5.55. The lowest BCUT2D eigenvalue weighted by atomic mass is 9.88. The van der Waals surface area contributed by atoms with E-state index < -0.39 is 6.09 Å². The number of benzene rings is 3. The number of likely N-dealkylation sites (tertiary alicyclic amines) is 1. The minimum atomic E-state index is -0.913. The summed E-state index contributed by atoms with van der Waals surface area (Å²) in [5.74, 6) is 0.911. The molecule has 1 saturated heterocycles. The van der Waals surface area contributed by atoms with E-state index in [2.05, 4.69) is 52.4 Å². The maximum Gasteiger partial charge on any atom is 0.407 e. The van der Waals surface area contributed by atoms with Gasteiger partial charge in [0, 0.05) is 37.2 Å². The van der Waals surface area contributed by atoms with Gasteiger partial charge in [-0.3, -0.25) is 0 Å². The lowest BCUT2D eigenvalue weighted by Gasteiger charge is -2.37. The Morgan fingerprint density at radius 2 is 1.72 bits per heavy atom. The number of rotatable bonds is 11. The Morgan fingerprint density at radius 1 is 0.949 bits per heavy atom. The second-order valence-electron chi connectivity index (χ2n) is 9.69. The van der Waals surface area contributed by atoms with Gasteiger partial charge >= 0.3 is 6.09 Å². The SMILES string of the molecule is O=C(O)N1CCC(c2cnc(SCCCOCc3ccccc3)nc2)C(OCc2ccc3ccccc3c2)C1. The molecule has 1 aliphatic rings. The van der Waals surface area contributed by atoms with Crippen molar-refractivity contribution < 1.29 is 19.4 Å². The third-order valence-corrected chi connectivity index (χ3v) is 7.92. The van der Waals surface area contributed by atoms with E-state index in [1.165, 1.54) is 15.8 Å². The highest BCUT2D eigenvalue weighted by Crippen LogP contribution is 2.31. The van der Waals surface area contributed by atoms with E-state index in [4.69, 9.17) is 9.47 Å². The number of piperidine rings is 1. The Bertz CT molecular complexity index is 1350. The lowest BCUT2D eigenvalue weighted by Crippen LogP contribution is -2.46. The van der Waals surface area contributed by atoms with Gasteiger partial charge in [0.25, 0.3) is 0 Å². The van der Waals surface area contributed by atoms with Gasteiger partial charge in [-0.05, 0) is 46.4 Å². The lowest BCUT2D eigenvalue weighted by molar-refractivity contribution is -0.0200. The number of hydrogen-bond donors (Lipinski definition) is 1. The largest absolute Gasteiger partial charge is 0.465 e. The minimum absolute atomic E-state index is 0.0338. The van der Waals surface area contributed by atoms with Gasteiger partial charge in [0.05, 0.1) is 25.9 Å². The first kappa shape index (κ1) is 27.1. The summed E-state index contributed by atoms with van der Waals surface area (Å²) >= 11 is 1.62. The third-order valence-electron chi connectivity index (χ3n) is 6.96. The first-order chi connectivity index (χ1) is 19.2. The van der Waals surface area contributed by atoms with Crippen LogP contribution in [0.3, 0.4) is 0 Å². The molecule has 5 rings (SSSR count). The summed E-state index contributed by atoms with van der Waals surface area (Å²) in [5, 5.41) is 12.7. The Balaban J connectivity index is 1.14. The van der Waals surface area contributed by atoms with E-state index in [0.29, 0.717) is 39.3 Å². The average Bonchev–Trinajstić information content (AvgIpc) is 2.98. The van der Waals surface area contributed by atoms with Crippen LogP contribution in [0.1, 0.15) is 35.4 Å². The van der Waals surface area contributed by atoms with Gasteiger partial charge in [-0.15, -0.1) is 0 Å². The molecule has 7 nitrogen and oxygen atoms in total. The van der Waals surface area contributed by atoms with E-state index in [-0.39, 0.29) is 12.0 Å². The maximum atomic E-state index is 11.7. The first-order valence-electron chi connectivity index (χ1n) is 13.3. The van der Waals surface area contributed by atoms with Gasteiger partial charge in [0.2, 0.25) is 0 Å². The summed E-state index contributed by atoms with van der Waals surface area (Å²) < 4.78 is 12.1. The van der Waals surface area contributed by atoms with Gasteiger partial charge in [0.1, 0.15) is 0 Å². The van der Waals surface area contributed by atoms with Crippen LogP contribution in [-0.4, -0.2) is 57.6 Å². The molecule has 4 aromatic rings. The van der Waals surface area contributed by atoms with Crippen LogP contribution in [0.4, 0.5) is 4.79 Å². The van der Waals surface area contributed by atoms with E-state index in [1.807, 2.05) is 42.7 Å². The van der Waals surface area contributed by atoms with Gasteiger partial charge in [-0.1, -0.05) is 78.5 Å². The average molecular weight is 544 g/mol. The summed E-state index contributed by atoms with van der Waals surface area (Å²) in [5.41, 5.74) is 3.23.